The summed E-state index contributed by atoms with van der Waals surface area (Å²) in [6, 6.07) is 9.33. The molecule has 9 nitrogen and oxygen atoms in total. The third-order valence-corrected chi connectivity index (χ3v) is 4.19. The van der Waals surface area contributed by atoms with E-state index in [4.69, 9.17) is 10.6 Å². The van der Waals surface area contributed by atoms with E-state index in [1.165, 1.54) is 0 Å². The van der Waals surface area contributed by atoms with Crippen molar-refractivity contribution in [1.82, 2.24) is 15.2 Å². The van der Waals surface area contributed by atoms with Crippen molar-refractivity contribution in [2.45, 2.75) is 33.3 Å². The lowest BCUT2D eigenvalue weighted by Gasteiger charge is -2.10. The highest BCUT2D eigenvalue weighted by molar-refractivity contribution is 6.12. The Morgan fingerprint density at radius 2 is 2.13 bits per heavy atom. The fraction of sp³-hybridized carbons (Fsp3) is 0.238. The molecule has 1 amide bonds. The molecule has 1 aromatic carbocycles. The number of fused-ring (bicyclic) bond motifs is 1. The molecule has 0 saturated heterocycles. The van der Waals surface area contributed by atoms with Crippen molar-refractivity contribution < 1.29 is 14.5 Å². The Bertz CT molecular complexity index is 1100. The number of amides is 1. The fourth-order valence-electron chi connectivity index (χ4n) is 2.87. The van der Waals surface area contributed by atoms with Gasteiger partial charge in [0.25, 0.3) is 0 Å². The molecule has 2 aromatic heterocycles. The zero-order valence-corrected chi connectivity index (χ0v) is 17.1. The molecular weight excluding hydrogens is 384 g/mol. The van der Waals surface area contributed by atoms with Crippen LogP contribution in [0.3, 0.4) is 0 Å². The number of nitrogens with two attached hydrogens (primary N) is 1. The molecule has 0 atom stereocenters. The number of anilines is 1. The number of oxime groups is 1. The summed E-state index contributed by atoms with van der Waals surface area (Å²) in [4.78, 5) is 20.8. The molecule has 0 aliphatic rings. The standard InChI is InChI=1S/C21H24N6O3/c1-12(2)18(27-30-22)11-20(28)24-19-9-14(7-8-23-19)21-16-10-15(29-13(3)4)5-6-17(16)25-26-21/h5-10,13H,1,11,22H2,2-4H3,(H,25,26)(H,23,24,28)/b27-18-. The van der Waals surface area contributed by atoms with Crippen LogP contribution in [0.2, 0.25) is 0 Å². The van der Waals surface area contributed by atoms with Crippen molar-refractivity contribution in [3.63, 3.8) is 0 Å². The molecule has 0 radical (unpaired) electrons. The van der Waals surface area contributed by atoms with E-state index in [1.807, 2.05) is 38.1 Å². The van der Waals surface area contributed by atoms with Crippen molar-refractivity contribution in [3.8, 4) is 17.0 Å². The minimum absolute atomic E-state index is 0.0420. The summed E-state index contributed by atoms with van der Waals surface area (Å²) >= 11 is 0. The van der Waals surface area contributed by atoms with E-state index >= 15 is 0 Å². The molecule has 0 spiro atoms. The lowest BCUT2D eigenvalue weighted by Crippen LogP contribution is -2.18. The second-order valence-corrected chi connectivity index (χ2v) is 7.02. The van der Waals surface area contributed by atoms with Gasteiger partial charge in [0.2, 0.25) is 5.91 Å². The highest BCUT2D eigenvalue weighted by atomic mass is 16.7. The summed E-state index contributed by atoms with van der Waals surface area (Å²) in [6.45, 7) is 9.41. The normalized spacial score (nSPS) is 11.6. The number of nitrogens with one attached hydrogen (secondary N) is 2. The van der Waals surface area contributed by atoms with Crippen LogP contribution in [0.25, 0.3) is 22.2 Å². The van der Waals surface area contributed by atoms with Crippen molar-refractivity contribution in [3.05, 3.63) is 48.7 Å². The molecule has 0 fully saturated rings. The second kappa shape index (κ2) is 9.19. The van der Waals surface area contributed by atoms with Gasteiger partial charge in [-0.25, -0.2) is 4.98 Å². The Balaban J connectivity index is 1.84. The maximum Gasteiger partial charge on any atom is 0.231 e. The van der Waals surface area contributed by atoms with E-state index in [9.17, 15) is 4.79 Å². The van der Waals surface area contributed by atoms with E-state index in [0.29, 0.717) is 17.1 Å². The number of carbonyl (C=O) groups is 1. The van der Waals surface area contributed by atoms with Crippen LogP contribution in [0.15, 0.2) is 53.8 Å². The predicted molar refractivity (Wildman–Crippen MR) is 116 cm³/mol. The SMILES string of the molecule is C=C(C)/C(CC(=O)Nc1cc(-c2n[nH]c3ccc(OC(C)C)cc23)ccn1)=N\ON. The lowest BCUT2D eigenvalue weighted by molar-refractivity contribution is -0.115. The van der Waals surface area contributed by atoms with Crippen LogP contribution in [-0.4, -0.2) is 32.9 Å². The number of H-pyrrole nitrogens is 1. The van der Waals surface area contributed by atoms with Gasteiger partial charge in [-0.1, -0.05) is 11.7 Å². The number of aromatic amines is 1. The molecule has 3 rings (SSSR count). The van der Waals surface area contributed by atoms with Crippen molar-refractivity contribution >= 4 is 28.3 Å². The van der Waals surface area contributed by atoms with Gasteiger partial charge in [0, 0.05) is 17.1 Å². The average Bonchev–Trinajstić information content (AvgIpc) is 3.10. The minimum Gasteiger partial charge on any atom is -0.491 e. The van der Waals surface area contributed by atoms with Gasteiger partial charge in [0.1, 0.15) is 17.3 Å². The third-order valence-electron chi connectivity index (χ3n) is 4.19. The summed E-state index contributed by atoms with van der Waals surface area (Å²) in [5.74, 6) is 5.79. The summed E-state index contributed by atoms with van der Waals surface area (Å²) in [6.07, 6.45) is 1.63. The Morgan fingerprint density at radius 1 is 1.33 bits per heavy atom. The molecule has 0 aliphatic carbocycles. The van der Waals surface area contributed by atoms with Gasteiger partial charge >= 0.3 is 0 Å². The summed E-state index contributed by atoms with van der Waals surface area (Å²) < 4.78 is 5.79. The van der Waals surface area contributed by atoms with Crippen LogP contribution in [0, 0.1) is 0 Å². The first-order valence-electron chi connectivity index (χ1n) is 9.37. The third kappa shape index (κ3) is 5.00. The molecule has 0 aliphatic heterocycles. The molecule has 0 unspecified atom stereocenters. The molecule has 30 heavy (non-hydrogen) atoms. The van der Waals surface area contributed by atoms with Crippen LogP contribution < -0.4 is 16.0 Å². The Hall–Kier alpha value is -3.72. The van der Waals surface area contributed by atoms with Gasteiger partial charge in [-0.3, -0.25) is 9.89 Å². The average molecular weight is 408 g/mol. The molecule has 4 N–H and O–H groups in total. The zero-order valence-electron chi connectivity index (χ0n) is 17.1. The summed E-state index contributed by atoms with van der Waals surface area (Å²) in [7, 11) is 0. The molecular formula is C21H24N6O3. The van der Waals surface area contributed by atoms with E-state index in [-0.39, 0.29) is 18.4 Å². The van der Waals surface area contributed by atoms with Crippen LogP contribution in [-0.2, 0) is 9.73 Å². The van der Waals surface area contributed by atoms with Gasteiger partial charge in [0.15, 0.2) is 0 Å². The first-order chi connectivity index (χ1) is 14.4. The topological polar surface area (TPSA) is 128 Å². The number of nitrogens with zero attached hydrogens (tertiary/aromatic N) is 3. The van der Waals surface area contributed by atoms with E-state index in [2.05, 4.69) is 37.2 Å². The highest BCUT2D eigenvalue weighted by Crippen LogP contribution is 2.30. The molecule has 0 saturated carbocycles. The van der Waals surface area contributed by atoms with Crippen molar-refractivity contribution in [1.29, 1.82) is 0 Å². The Labute approximate surface area is 173 Å². The molecule has 2 heterocycles. The van der Waals surface area contributed by atoms with Gasteiger partial charge in [-0.15, -0.1) is 5.90 Å². The van der Waals surface area contributed by atoms with Crippen LogP contribution in [0.1, 0.15) is 27.2 Å². The number of hydrogen-bond acceptors (Lipinski definition) is 7. The first-order valence-corrected chi connectivity index (χ1v) is 9.37. The van der Waals surface area contributed by atoms with Crippen molar-refractivity contribution in [2.24, 2.45) is 11.1 Å². The first kappa shape index (κ1) is 21.0. The van der Waals surface area contributed by atoms with Crippen LogP contribution in [0.4, 0.5) is 5.82 Å². The molecule has 9 heteroatoms. The molecule has 156 valence electrons. The van der Waals surface area contributed by atoms with Gasteiger partial charge in [-0.2, -0.15) is 5.10 Å². The number of allylic oxidation sites excluding steroid dienone is 1. The minimum atomic E-state index is -0.321. The number of aromatic nitrogens is 3. The lowest BCUT2D eigenvalue weighted by atomic mass is 10.1. The smallest absolute Gasteiger partial charge is 0.231 e. The van der Waals surface area contributed by atoms with Gasteiger partial charge in [-0.05, 0) is 56.7 Å². The largest absolute Gasteiger partial charge is 0.491 e. The Morgan fingerprint density at radius 3 is 2.83 bits per heavy atom. The number of rotatable bonds is 8. The highest BCUT2D eigenvalue weighted by Gasteiger charge is 2.13. The molecule has 0 bridgehead atoms. The number of benzene rings is 1. The summed E-state index contributed by atoms with van der Waals surface area (Å²) in [5, 5.41) is 14.7. The van der Waals surface area contributed by atoms with Gasteiger partial charge < -0.3 is 15.0 Å². The van der Waals surface area contributed by atoms with E-state index in [0.717, 1.165) is 27.9 Å². The number of ether oxygens (including phenoxy) is 1. The van der Waals surface area contributed by atoms with E-state index in [1.54, 1.807) is 19.2 Å². The van der Waals surface area contributed by atoms with Crippen LogP contribution >= 0.6 is 0 Å². The molecule has 3 aromatic rings. The second-order valence-electron chi connectivity index (χ2n) is 7.02. The van der Waals surface area contributed by atoms with Crippen LogP contribution in [0.5, 0.6) is 5.75 Å². The van der Waals surface area contributed by atoms with Crippen molar-refractivity contribution in [2.75, 3.05) is 5.32 Å². The quantitative estimate of drug-likeness (QED) is 0.386. The van der Waals surface area contributed by atoms with Gasteiger partial charge in [0.05, 0.1) is 23.8 Å². The predicted octanol–water partition coefficient (Wildman–Crippen LogP) is 3.56. The number of carbonyl (C=O) groups excluding carboxylic acids is 1. The fourth-order valence-corrected chi connectivity index (χ4v) is 2.87. The number of pyridine rings is 1. The monoisotopic (exact) mass is 408 g/mol. The summed E-state index contributed by atoms with van der Waals surface area (Å²) in [5.41, 5.74) is 3.35. The van der Waals surface area contributed by atoms with E-state index < -0.39 is 0 Å². The maximum absolute atomic E-state index is 12.4. The maximum atomic E-state index is 12.4. The number of hydrogen-bond donors (Lipinski definition) is 3. The Kier molecular flexibility index (Phi) is 6.43. The zero-order chi connectivity index (χ0) is 21.7.